The molecule has 2 atom stereocenters. The standard InChI is InChI=1S/C29H31NOSe/c1-3-13-27(28(31)23(2)20-24-14-7-4-8-15-24)29(32)30(21-25-16-9-5-10-17-25)22-26-18-11-6-12-19-26/h3-12,14-20,27-28,31H,1,13,21-22H2,2H3/b23-20+/t27-,28+/m0/s1. The molecule has 0 saturated carbocycles. The molecule has 0 heterocycles. The second kappa shape index (κ2) is 12.4. The Morgan fingerprint density at radius 1 is 0.875 bits per heavy atom. The summed E-state index contributed by atoms with van der Waals surface area (Å²) in [6, 6.07) is 31.1. The van der Waals surface area contributed by atoms with Crippen molar-refractivity contribution in [3.63, 3.8) is 0 Å². The van der Waals surface area contributed by atoms with Crippen LogP contribution in [0.1, 0.15) is 30.0 Å². The summed E-state index contributed by atoms with van der Waals surface area (Å²) in [7, 11) is 0. The molecule has 0 aliphatic carbocycles. The second-order valence-corrected chi connectivity index (χ2v) is 8.92. The summed E-state index contributed by atoms with van der Waals surface area (Å²) in [5, 5.41) is 11.3. The summed E-state index contributed by atoms with van der Waals surface area (Å²) in [6.45, 7) is 7.49. The second-order valence-electron chi connectivity index (χ2n) is 8.04. The fourth-order valence-corrected chi connectivity index (χ4v) is 4.56. The molecule has 0 aliphatic rings. The van der Waals surface area contributed by atoms with E-state index in [1.165, 1.54) is 11.1 Å². The van der Waals surface area contributed by atoms with E-state index in [1.807, 2.05) is 43.3 Å². The van der Waals surface area contributed by atoms with Crippen molar-refractivity contribution >= 4 is 26.2 Å². The van der Waals surface area contributed by atoms with Gasteiger partial charge in [0.25, 0.3) is 0 Å². The van der Waals surface area contributed by atoms with Gasteiger partial charge in [-0.25, -0.2) is 0 Å². The Morgan fingerprint density at radius 2 is 1.34 bits per heavy atom. The molecule has 3 rings (SSSR count). The van der Waals surface area contributed by atoms with E-state index in [0.717, 1.165) is 28.8 Å². The zero-order valence-corrected chi connectivity index (χ0v) is 20.3. The molecule has 32 heavy (non-hydrogen) atoms. The molecule has 2 nitrogen and oxygen atoms in total. The molecule has 3 aromatic carbocycles. The van der Waals surface area contributed by atoms with Crippen molar-refractivity contribution in [2.75, 3.05) is 0 Å². The molecule has 3 heteroatoms. The molecule has 0 saturated heterocycles. The van der Waals surface area contributed by atoms with E-state index in [1.54, 1.807) is 0 Å². The Bertz CT molecular complexity index is 973. The molecule has 0 radical (unpaired) electrons. The first-order valence-corrected chi connectivity index (χ1v) is 11.8. The Balaban J connectivity index is 1.87. The average Bonchev–Trinajstić information content (AvgIpc) is 2.83. The summed E-state index contributed by atoms with van der Waals surface area (Å²) >= 11 is 3.31. The van der Waals surface area contributed by atoms with E-state index in [9.17, 15) is 5.11 Å². The Morgan fingerprint density at radius 3 is 1.81 bits per heavy atom. The predicted molar refractivity (Wildman–Crippen MR) is 137 cm³/mol. The maximum absolute atomic E-state index is 11.3. The van der Waals surface area contributed by atoms with Gasteiger partial charge in [0.15, 0.2) is 0 Å². The van der Waals surface area contributed by atoms with Crippen molar-refractivity contribution in [2.45, 2.75) is 32.5 Å². The van der Waals surface area contributed by atoms with Gasteiger partial charge in [-0.15, -0.1) is 0 Å². The third-order valence-electron chi connectivity index (χ3n) is 5.52. The molecule has 0 amide bonds. The number of hydrogen-bond donors (Lipinski definition) is 1. The van der Waals surface area contributed by atoms with E-state index in [0.29, 0.717) is 6.42 Å². The van der Waals surface area contributed by atoms with Crippen molar-refractivity contribution in [3.8, 4) is 0 Å². The van der Waals surface area contributed by atoms with E-state index in [-0.39, 0.29) is 5.92 Å². The third kappa shape index (κ3) is 6.90. The van der Waals surface area contributed by atoms with Crippen LogP contribution in [0, 0.1) is 5.92 Å². The number of aliphatic hydroxyl groups is 1. The first-order chi connectivity index (χ1) is 15.6. The number of aliphatic hydroxyl groups excluding tert-OH is 1. The van der Waals surface area contributed by atoms with Crippen LogP contribution in [0.15, 0.2) is 109 Å². The number of benzene rings is 3. The fraction of sp³-hybridized carbons (Fsp3) is 0.207. The number of nitrogens with zero attached hydrogens (tertiary/aromatic N) is 1. The maximum atomic E-state index is 11.3. The first-order valence-electron chi connectivity index (χ1n) is 11.0. The van der Waals surface area contributed by atoms with Gasteiger partial charge in [-0.2, -0.15) is 0 Å². The molecule has 0 spiro atoms. The van der Waals surface area contributed by atoms with Gasteiger partial charge in [0, 0.05) is 0 Å². The Hall–Kier alpha value is -2.71. The molecule has 0 bridgehead atoms. The van der Waals surface area contributed by atoms with Crippen LogP contribution in [0.3, 0.4) is 0 Å². The van der Waals surface area contributed by atoms with Crippen LogP contribution in [0.2, 0.25) is 0 Å². The van der Waals surface area contributed by atoms with Gasteiger partial charge < -0.3 is 0 Å². The number of hydrogen-bond acceptors (Lipinski definition) is 2. The monoisotopic (exact) mass is 489 g/mol. The van der Waals surface area contributed by atoms with Crippen LogP contribution < -0.4 is 0 Å². The van der Waals surface area contributed by atoms with Gasteiger partial charge in [-0.1, -0.05) is 0 Å². The summed E-state index contributed by atoms with van der Waals surface area (Å²) in [6.07, 6.45) is 4.03. The van der Waals surface area contributed by atoms with Gasteiger partial charge >= 0.3 is 201 Å². The van der Waals surface area contributed by atoms with Gasteiger partial charge in [0.1, 0.15) is 0 Å². The SMILES string of the molecule is C=CC[C@H](C(=[Se])N(Cc1ccccc1)Cc1ccccc1)[C@H](O)/C(C)=C/c1ccccc1. The first kappa shape index (κ1) is 23.9. The van der Waals surface area contributed by atoms with Crippen molar-refractivity contribution in [3.05, 3.63) is 126 Å². The third-order valence-corrected chi connectivity index (χ3v) is 6.70. The van der Waals surface area contributed by atoms with Crippen molar-refractivity contribution in [1.29, 1.82) is 0 Å². The molecule has 0 aromatic heterocycles. The van der Waals surface area contributed by atoms with Crippen LogP contribution in [-0.4, -0.2) is 36.2 Å². The van der Waals surface area contributed by atoms with Crippen molar-refractivity contribution in [2.24, 2.45) is 5.92 Å². The van der Waals surface area contributed by atoms with Gasteiger partial charge in [-0.3, -0.25) is 0 Å². The molecule has 0 fully saturated rings. The van der Waals surface area contributed by atoms with Crippen molar-refractivity contribution < 1.29 is 5.11 Å². The summed E-state index contributed by atoms with van der Waals surface area (Å²) < 4.78 is 1.05. The summed E-state index contributed by atoms with van der Waals surface area (Å²) in [4.78, 5) is 2.33. The van der Waals surface area contributed by atoms with E-state index in [2.05, 4.69) is 93.8 Å². The molecule has 3 aromatic rings. The molecular weight excluding hydrogens is 457 g/mol. The Kier molecular flexibility index (Phi) is 9.25. The zero-order valence-electron chi connectivity index (χ0n) is 18.6. The van der Waals surface area contributed by atoms with Gasteiger partial charge in [0.05, 0.1) is 0 Å². The predicted octanol–water partition coefficient (Wildman–Crippen LogP) is 5.64. The number of rotatable bonds is 11. The van der Waals surface area contributed by atoms with Crippen LogP contribution in [0.25, 0.3) is 6.08 Å². The molecule has 164 valence electrons. The van der Waals surface area contributed by atoms with E-state index in [4.69, 9.17) is 0 Å². The normalized spacial score (nSPS) is 13.2. The van der Waals surface area contributed by atoms with E-state index < -0.39 is 6.10 Å². The van der Waals surface area contributed by atoms with E-state index >= 15 is 0 Å². The Labute approximate surface area is 200 Å². The molecular formula is C29H31NOSe. The topological polar surface area (TPSA) is 23.5 Å². The number of allylic oxidation sites excluding steroid dienone is 1. The van der Waals surface area contributed by atoms with Crippen LogP contribution >= 0.6 is 0 Å². The van der Waals surface area contributed by atoms with Gasteiger partial charge in [0.2, 0.25) is 0 Å². The molecule has 1 N–H and O–H groups in total. The average molecular weight is 489 g/mol. The fourth-order valence-electron chi connectivity index (χ4n) is 3.81. The summed E-state index contributed by atoms with van der Waals surface area (Å²) in [5.41, 5.74) is 4.50. The summed E-state index contributed by atoms with van der Waals surface area (Å²) in [5.74, 6) is -0.0973. The van der Waals surface area contributed by atoms with Crippen LogP contribution in [-0.2, 0) is 13.1 Å². The quantitative estimate of drug-likeness (QED) is 0.279. The molecule has 0 aliphatic heterocycles. The minimum absolute atomic E-state index is 0.0973. The zero-order chi connectivity index (χ0) is 22.8. The van der Waals surface area contributed by atoms with Crippen molar-refractivity contribution in [1.82, 2.24) is 4.90 Å². The molecule has 0 unspecified atom stereocenters. The minimum atomic E-state index is -0.612. The van der Waals surface area contributed by atoms with Crippen LogP contribution in [0.4, 0.5) is 0 Å². The van der Waals surface area contributed by atoms with Gasteiger partial charge in [-0.05, 0) is 0 Å². The van der Waals surface area contributed by atoms with Crippen LogP contribution in [0.5, 0.6) is 0 Å².